The number of nitrogens with one attached hydrogen (secondary N) is 1. The summed E-state index contributed by atoms with van der Waals surface area (Å²) in [5.41, 5.74) is 0.129. The summed E-state index contributed by atoms with van der Waals surface area (Å²) in [5.74, 6) is 2.07. The fourth-order valence-electron chi connectivity index (χ4n) is 2.71. The van der Waals surface area contributed by atoms with Gasteiger partial charge in [0.05, 0.1) is 4.75 Å². The van der Waals surface area contributed by atoms with E-state index in [0.717, 1.165) is 16.9 Å². The first-order chi connectivity index (χ1) is 14.0. The molecule has 0 aromatic carbocycles. The lowest BCUT2D eigenvalue weighted by Crippen LogP contribution is -2.47. The van der Waals surface area contributed by atoms with Crippen LogP contribution in [0.2, 0.25) is 0 Å². The topological polar surface area (TPSA) is 102 Å². The van der Waals surface area contributed by atoms with Gasteiger partial charge in [-0.3, -0.25) is 15.1 Å². The molecule has 0 unspecified atom stereocenters. The normalized spacial score (nSPS) is 12.8. The van der Waals surface area contributed by atoms with Gasteiger partial charge < -0.3 is 0 Å². The monoisotopic (exact) mass is 444 g/mol. The maximum atomic E-state index is 13.5. The third-order valence-corrected chi connectivity index (χ3v) is 9.28. The molecule has 0 aliphatic rings. The highest BCUT2D eigenvalue weighted by Gasteiger charge is 2.51. The molecule has 2 aromatic heterocycles. The molecule has 0 fully saturated rings. The van der Waals surface area contributed by atoms with E-state index in [0.29, 0.717) is 6.42 Å². The summed E-state index contributed by atoms with van der Waals surface area (Å²) in [4.78, 5) is 16.2. The first-order valence-electron chi connectivity index (χ1n) is 9.05. The summed E-state index contributed by atoms with van der Waals surface area (Å²) in [5, 5.41) is 10.3. The maximum Gasteiger partial charge on any atom is 0.276 e. The van der Waals surface area contributed by atoms with Gasteiger partial charge in [0, 0.05) is 18.0 Å². The molecule has 9 heteroatoms. The zero-order valence-corrected chi connectivity index (χ0v) is 19.0. The van der Waals surface area contributed by atoms with E-state index in [1.54, 1.807) is 44.2 Å². The minimum absolute atomic E-state index is 0.0725. The second kappa shape index (κ2) is 8.90. The third kappa shape index (κ3) is 4.35. The lowest BCUT2D eigenvalue weighted by atomic mass is 9.72. The first-order valence-corrected chi connectivity index (χ1v) is 11.3. The maximum absolute atomic E-state index is 13.5. The summed E-state index contributed by atoms with van der Waals surface area (Å²) in [7, 11) is -3.92. The van der Waals surface area contributed by atoms with Crippen molar-refractivity contribution in [3.05, 3.63) is 54.4 Å². The summed E-state index contributed by atoms with van der Waals surface area (Å²) in [6, 6.07) is 4.90. The van der Waals surface area contributed by atoms with Crippen molar-refractivity contribution in [3.63, 3.8) is 0 Å². The van der Waals surface area contributed by atoms with Crippen LogP contribution in [-0.2, 0) is 9.84 Å². The Hall–Kier alpha value is -2.83. The van der Waals surface area contributed by atoms with Crippen molar-refractivity contribution >= 4 is 32.2 Å². The van der Waals surface area contributed by atoms with E-state index in [1.165, 1.54) is 6.20 Å². The largest absolute Gasteiger partial charge is 0.295 e. The predicted octanol–water partition coefficient (Wildman–Crippen LogP) is 3.90. The molecule has 2 aromatic rings. The lowest BCUT2D eigenvalue weighted by molar-refractivity contribution is 0.102. The predicted molar refractivity (Wildman–Crippen MR) is 119 cm³/mol. The molecule has 158 valence electrons. The van der Waals surface area contributed by atoms with Crippen LogP contribution in [0.25, 0.3) is 0 Å². The Morgan fingerprint density at radius 2 is 2.00 bits per heavy atom. The van der Waals surface area contributed by atoms with Gasteiger partial charge in [-0.25, -0.2) is 8.42 Å². The van der Waals surface area contributed by atoms with E-state index in [4.69, 9.17) is 6.42 Å². The lowest BCUT2D eigenvalue weighted by Gasteiger charge is -2.41. The Morgan fingerprint density at radius 3 is 2.57 bits per heavy atom. The Balaban J connectivity index is 2.37. The summed E-state index contributed by atoms with van der Waals surface area (Å²) < 4.78 is 25.5. The minimum Gasteiger partial charge on any atom is -0.295 e. The van der Waals surface area contributed by atoms with Crippen LogP contribution >= 0.6 is 11.3 Å². The summed E-state index contributed by atoms with van der Waals surface area (Å²) in [6.07, 6.45) is 10.6. The van der Waals surface area contributed by atoms with Crippen LogP contribution in [0.4, 0.5) is 5.13 Å². The number of sulfone groups is 1. The minimum atomic E-state index is -3.92. The molecule has 1 N–H and O–H groups in total. The van der Waals surface area contributed by atoms with Crippen molar-refractivity contribution in [1.29, 1.82) is 0 Å². The van der Waals surface area contributed by atoms with E-state index in [1.807, 2.05) is 13.8 Å². The van der Waals surface area contributed by atoms with Crippen molar-refractivity contribution in [1.82, 2.24) is 15.2 Å². The number of allylic oxidation sites excluding steroid dienone is 3. The van der Waals surface area contributed by atoms with E-state index >= 15 is 0 Å². The van der Waals surface area contributed by atoms with Crippen LogP contribution in [0.5, 0.6) is 0 Å². The van der Waals surface area contributed by atoms with Gasteiger partial charge in [-0.1, -0.05) is 55.6 Å². The van der Waals surface area contributed by atoms with Crippen LogP contribution in [0.15, 0.2) is 53.0 Å². The molecule has 2 rings (SSSR count). The molecule has 0 atom stereocenters. The van der Waals surface area contributed by atoms with Gasteiger partial charge in [0.1, 0.15) is 5.69 Å². The molecule has 0 aliphatic heterocycles. The van der Waals surface area contributed by atoms with Crippen molar-refractivity contribution < 1.29 is 13.2 Å². The van der Waals surface area contributed by atoms with Crippen LogP contribution in [0.1, 0.15) is 44.6 Å². The third-order valence-electron chi connectivity index (χ3n) is 5.35. The Morgan fingerprint density at radius 1 is 1.30 bits per heavy atom. The number of carbonyl (C=O) groups excluding carboxylic acids is 1. The van der Waals surface area contributed by atoms with Gasteiger partial charge in [0.2, 0.25) is 19.3 Å². The van der Waals surface area contributed by atoms with Crippen molar-refractivity contribution in [2.75, 3.05) is 5.32 Å². The summed E-state index contributed by atoms with van der Waals surface area (Å²) >= 11 is 0.794. The van der Waals surface area contributed by atoms with Crippen LogP contribution in [0, 0.1) is 17.8 Å². The van der Waals surface area contributed by atoms with Crippen LogP contribution in [-0.4, -0.2) is 34.3 Å². The molecule has 0 spiro atoms. The number of anilines is 1. The second-order valence-corrected chi connectivity index (χ2v) is 11.1. The van der Waals surface area contributed by atoms with Crippen LogP contribution < -0.4 is 5.32 Å². The fourth-order valence-corrected chi connectivity index (χ4v) is 5.87. The van der Waals surface area contributed by atoms with Gasteiger partial charge in [-0.15, -0.1) is 22.5 Å². The molecule has 7 nitrogen and oxygen atoms in total. The zero-order chi connectivity index (χ0) is 22.6. The smallest absolute Gasteiger partial charge is 0.276 e. The molecule has 30 heavy (non-hydrogen) atoms. The number of hydrogen-bond donors (Lipinski definition) is 1. The molecular formula is C21H24N4O3S2. The van der Waals surface area contributed by atoms with Crippen molar-refractivity contribution in [3.8, 4) is 12.3 Å². The first kappa shape index (κ1) is 23.4. The molecule has 0 saturated heterocycles. The van der Waals surface area contributed by atoms with Gasteiger partial charge in [-0.05, 0) is 26.0 Å². The highest BCUT2D eigenvalue weighted by Crippen LogP contribution is 2.47. The molecule has 0 aliphatic carbocycles. The highest BCUT2D eigenvalue weighted by molar-refractivity contribution is 7.94. The quantitative estimate of drug-likeness (QED) is 0.376. The average molecular weight is 445 g/mol. The van der Waals surface area contributed by atoms with Crippen molar-refractivity contribution in [2.45, 2.75) is 43.2 Å². The Labute approximate surface area is 181 Å². The zero-order valence-electron chi connectivity index (χ0n) is 17.3. The SMILES string of the molecule is C#CC/C(=C\C=C)C(C)(C)C(C)(C)S(=O)(=O)c1nnc(NC(=O)c2ccccn2)s1. The van der Waals surface area contributed by atoms with E-state index in [2.05, 4.69) is 33.0 Å². The number of amides is 1. The van der Waals surface area contributed by atoms with E-state index in [-0.39, 0.29) is 15.2 Å². The van der Waals surface area contributed by atoms with Crippen molar-refractivity contribution in [2.24, 2.45) is 5.41 Å². The molecule has 2 heterocycles. The average Bonchev–Trinajstić information content (AvgIpc) is 3.17. The highest BCUT2D eigenvalue weighted by atomic mass is 32.2. The molecule has 0 saturated carbocycles. The number of rotatable bonds is 8. The Kier molecular flexibility index (Phi) is 6.95. The molecule has 0 radical (unpaired) electrons. The van der Waals surface area contributed by atoms with Gasteiger partial charge in [-0.2, -0.15) is 0 Å². The van der Waals surface area contributed by atoms with E-state index < -0.39 is 25.9 Å². The number of carbonyl (C=O) groups is 1. The van der Waals surface area contributed by atoms with Gasteiger partial charge in [0.25, 0.3) is 5.91 Å². The van der Waals surface area contributed by atoms with Gasteiger partial charge in [0.15, 0.2) is 0 Å². The standard InChI is InChI=1S/C21H24N4O3S2/c1-7-11-15(12-8-2)20(3,4)21(5,6)30(27,28)19-25-24-18(29-19)23-17(26)16-13-9-10-14-22-16/h1,8-10,12-14H,2,11H2,3-6H3,(H,23,24,26)/b15-12+. The second-order valence-electron chi connectivity index (χ2n) is 7.49. The number of hydrogen-bond acceptors (Lipinski definition) is 7. The molecular weight excluding hydrogens is 420 g/mol. The van der Waals surface area contributed by atoms with Crippen LogP contribution in [0.3, 0.4) is 0 Å². The number of terminal acetylenes is 1. The number of pyridine rings is 1. The van der Waals surface area contributed by atoms with Gasteiger partial charge >= 0.3 is 0 Å². The number of nitrogens with zero attached hydrogens (tertiary/aromatic N) is 3. The molecule has 1 amide bonds. The Bertz CT molecular complexity index is 1110. The fraction of sp³-hybridized carbons (Fsp3) is 0.333. The van der Waals surface area contributed by atoms with E-state index in [9.17, 15) is 13.2 Å². The summed E-state index contributed by atoms with van der Waals surface area (Å²) in [6.45, 7) is 10.6. The molecule has 0 bridgehead atoms. The number of aromatic nitrogens is 3.